The number of nitrogens with one attached hydrogen (secondary N) is 1. The van der Waals surface area contributed by atoms with Crippen LogP contribution in [-0.4, -0.2) is 50.2 Å². The van der Waals surface area contributed by atoms with Crippen LogP contribution in [0.1, 0.15) is 22.8 Å². The zero-order valence-electron chi connectivity index (χ0n) is 16.1. The first-order valence-corrected chi connectivity index (χ1v) is 9.58. The SMILES string of the molecule is CCc1ccccc1-c1cc(N=[N+]=[N-])ccc1C(=O)NCCN1CCOCC1. The molecule has 1 aliphatic heterocycles. The molecule has 0 saturated carbocycles. The Hall–Kier alpha value is -2.86. The molecule has 0 atom stereocenters. The van der Waals surface area contributed by atoms with E-state index in [1.54, 1.807) is 18.2 Å². The molecule has 0 aromatic heterocycles. The van der Waals surface area contributed by atoms with E-state index in [4.69, 9.17) is 10.3 Å². The Morgan fingerprint density at radius 2 is 2.00 bits per heavy atom. The number of hydrogen-bond acceptors (Lipinski definition) is 4. The monoisotopic (exact) mass is 379 g/mol. The fourth-order valence-electron chi connectivity index (χ4n) is 3.41. The average molecular weight is 379 g/mol. The molecule has 2 aromatic carbocycles. The first-order chi connectivity index (χ1) is 13.7. The summed E-state index contributed by atoms with van der Waals surface area (Å²) in [5.74, 6) is -0.123. The fourth-order valence-corrected chi connectivity index (χ4v) is 3.41. The Labute approximate surface area is 164 Å². The number of carbonyl (C=O) groups excluding carboxylic acids is 1. The average Bonchev–Trinajstić information content (AvgIpc) is 2.74. The highest BCUT2D eigenvalue weighted by Gasteiger charge is 2.16. The Kier molecular flexibility index (Phi) is 7.03. The van der Waals surface area contributed by atoms with E-state index in [0.29, 0.717) is 17.8 Å². The van der Waals surface area contributed by atoms with Gasteiger partial charge in [0.25, 0.3) is 5.91 Å². The van der Waals surface area contributed by atoms with Gasteiger partial charge in [0.15, 0.2) is 0 Å². The van der Waals surface area contributed by atoms with Gasteiger partial charge in [-0.3, -0.25) is 9.69 Å². The summed E-state index contributed by atoms with van der Waals surface area (Å²) in [6.45, 7) is 6.73. The highest BCUT2D eigenvalue weighted by atomic mass is 16.5. The molecule has 3 rings (SSSR count). The quantitative estimate of drug-likeness (QED) is 0.449. The molecule has 146 valence electrons. The first-order valence-electron chi connectivity index (χ1n) is 9.58. The van der Waals surface area contributed by atoms with Crippen molar-refractivity contribution in [3.05, 3.63) is 64.0 Å². The predicted octanol–water partition coefficient (Wildman–Crippen LogP) is 3.92. The van der Waals surface area contributed by atoms with Crippen molar-refractivity contribution in [1.29, 1.82) is 0 Å². The van der Waals surface area contributed by atoms with Gasteiger partial charge in [0, 0.05) is 42.3 Å². The molecule has 1 aliphatic rings. The molecule has 1 saturated heterocycles. The zero-order valence-corrected chi connectivity index (χ0v) is 16.1. The maximum Gasteiger partial charge on any atom is 0.251 e. The third kappa shape index (κ3) is 4.89. The Balaban J connectivity index is 1.82. The molecule has 1 amide bonds. The normalized spacial score (nSPS) is 14.3. The van der Waals surface area contributed by atoms with Crippen LogP contribution in [0.4, 0.5) is 5.69 Å². The van der Waals surface area contributed by atoms with E-state index in [2.05, 4.69) is 33.2 Å². The Morgan fingerprint density at radius 1 is 1.21 bits per heavy atom. The summed E-state index contributed by atoms with van der Waals surface area (Å²) in [6, 6.07) is 13.2. The van der Waals surface area contributed by atoms with Crippen molar-refractivity contribution in [3.63, 3.8) is 0 Å². The smallest absolute Gasteiger partial charge is 0.251 e. The van der Waals surface area contributed by atoms with Crippen molar-refractivity contribution >= 4 is 11.6 Å². The highest BCUT2D eigenvalue weighted by Crippen LogP contribution is 2.31. The van der Waals surface area contributed by atoms with Crippen LogP contribution in [0, 0.1) is 0 Å². The zero-order chi connectivity index (χ0) is 19.8. The summed E-state index contributed by atoms with van der Waals surface area (Å²) < 4.78 is 5.35. The maximum absolute atomic E-state index is 12.9. The van der Waals surface area contributed by atoms with Gasteiger partial charge >= 0.3 is 0 Å². The molecule has 1 N–H and O–H groups in total. The van der Waals surface area contributed by atoms with Crippen molar-refractivity contribution in [2.45, 2.75) is 13.3 Å². The number of azide groups is 1. The minimum absolute atomic E-state index is 0.123. The molecule has 0 radical (unpaired) electrons. The minimum atomic E-state index is -0.123. The number of amides is 1. The summed E-state index contributed by atoms with van der Waals surface area (Å²) in [5.41, 5.74) is 12.8. The largest absolute Gasteiger partial charge is 0.379 e. The summed E-state index contributed by atoms with van der Waals surface area (Å²) in [5, 5.41) is 6.72. The van der Waals surface area contributed by atoms with Gasteiger partial charge in [-0.1, -0.05) is 42.4 Å². The number of aryl methyl sites for hydroxylation is 1. The third-order valence-electron chi connectivity index (χ3n) is 4.91. The van der Waals surface area contributed by atoms with Crippen molar-refractivity contribution in [1.82, 2.24) is 10.2 Å². The third-order valence-corrected chi connectivity index (χ3v) is 4.91. The summed E-state index contributed by atoms with van der Waals surface area (Å²) in [6.07, 6.45) is 0.847. The van der Waals surface area contributed by atoms with Crippen molar-refractivity contribution in [2.75, 3.05) is 39.4 Å². The lowest BCUT2D eigenvalue weighted by atomic mass is 9.93. The molecule has 0 unspecified atom stereocenters. The second kappa shape index (κ2) is 9.90. The second-order valence-electron chi connectivity index (χ2n) is 6.64. The van der Waals surface area contributed by atoms with E-state index in [-0.39, 0.29) is 5.91 Å². The topological polar surface area (TPSA) is 90.3 Å². The molecule has 0 bridgehead atoms. The fraction of sp³-hybridized carbons (Fsp3) is 0.381. The number of benzene rings is 2. The summed E-state index contributed by atoms with van der Waals surface area (Å²) in [4.78, 5) is 18.0. The van der Waals surface area contributed by atoms with Crippen LogP contribution < -0.4 is 5.32 Å². The Bertz CT molecular complexity index is 871. The van der Waals surface area contributed by atoms with Gasteiger partial charge in [-0.2, -0.15) is 0 Å². The van der Waals surface area contributed by atoms with Gasteiger partial charge < -0.3 is 10.1 Å². The number of nitrogens with zero attached hydrogens (tertiary/aromatic N) is 4. The molecule has 1 heterocycles. The second-order valence-corrected chi connectivity index (χ2v) is 6.64. The van der Waals surface area contributed by atoms with E-state index >= 15 is 0 Å². The highest BCUT2D eigenvalue weighted by molar-refractivity contribution is 6.01. The summed E-state index contributed by atoms with van der Waals surface area (Å²) >= 11 is 0. The predicted molar refractivity (Wildman–Crippen MR) is 110 cm³/mol. The lowest BCUT2D eigenvalue weighted by molar-refractivity contribution is 0.0383. The minimum Gasteiger partial charge on any atom is -0.379 e. The molecule has 2 aromatic rings. The number of hydrogen-bond donors (Lipinski definition) is 1. The lowest BCUT2D eigenvalue weighted by Gasteiger charge is -2.26. The van der Waals surface area contributed by atoms with Crippen LogP contribution >= 0.6 is 0 Å². The maximum atomic E-state index is 12.9. The van der Waals surface area contributed by atoms with Gasteiger partial charge in [-0.15, -0.1) is 0 Å². The van der Waals surface area contributed by atoms with Crippen LogP contribution in [0.25, 0.3) is 21.6 Å². The van der Waals surface area contributed by atoms with Gasteiger partial charge in [-0.25, -0.2) is 0 Å². The van der Waals surface area contributed by atoms with E-state index in [9.17, 15) is 4.79 Å². The van der Waals surface area contributed by atoms with Crippen LogP contribution in [-0.2, 0) is 11.2 Å². The molecule has 0 spiro atoms. The first kappa shape index (κ1) is 19.9. The van der Waals surface area contributed by atoms with Gasteiger partial charge in [0.2, 0.25) is 0 Å². The van der Waals surface area contributed by atoms with Gasteiger partial charge in [0.05, 0.1) is 13.2 Å². The van der Waals surface area contributed by atoms with Crippen LogP contribution in [0.5, 0.6) is 0 Å². The van der Waals surface area contributed by atoms with Crippen LogP contribution in [0.15, 0.2) is 47.6 Å². The molecule has 7 nitrogen and oxygen atoms in total. The van der Waals surface area contributed by atoms with Crippen molar-refractivity contribution in [3.8, 4) is 11.1 Å². The summed E-state index contributed by atoms with van der Waals surface area (Å²) in [7, 11) is 0. The van der Waals surface area contributed by atoms with Crippen molar-refractivity contribution in [2.24, 2.45) is 5.11 Å². The van der Waals surface area contributed by atoms with E-state index in [0.717, 1.165) is 56.0 Å². The molecular formula is C21H25N5O2. The number of morpholine rings is 1. The van der Waals surface area contributed by atoms with Crippen molar-refractivity contribution < 1.29 is 9.53 Å². The number of ether oxygens (including phenoxy) is 1. The Morgan fingerprint density at radius 3 is 2.75 bits per heavy atom. The van der Waals surface area contributed by atoms with E-state index < -0.39 is 0 Å². The van der Waals surface area contributed by atoms with Gasteiger partial charge in [0.1, 0.15) is 0 Å². The van der Waals surface area contributed by atoms with Crippen LogP contribution in [0.2, 0.25) is 0 Å². The molecular weight excluding hydrogens is 354 g/mol. The standard InChI is InChI=1S/C21H25N5O2/c1-2-16-5-3-4-6-18(16)20-15-17(24-25-22)7-8-19(20)21(27)23-9-10-26-11-13-28-14-12-26/h3-8,15H,2,9-14H2,1H3,(H,23,27). The van der Waals surface area contributed by atoms with E-state index in [1.807, 2.05) is 18.2 Å². The van der Waals surface area contributed by atoms with E-state index in [1.165, 1.54) is 0 Å². The number of rotatable bonds is 7. The lowest BCUT2D eigenvalue weighted by Crippen LogP contribution is -2.41. The molecule has 28 heavy (non-hydrogen) atoms. The number of carbonyl (C=O) groups is 1. The van der Waals surface area contributed by atoms with Gasteiger partial charge in [-0.05, 0) is 40.8 Å². The molecule has 0 aliphatic carbocycles. The molecule has 1 fully saturated rings. The molecule has 7 heteroatoms. The van der Waals surface area contributed by atoms with Crippen LogP contribution in [0.3, 0.4) is 0 Å².